The van der Waals surface area contributed by atoms with E-state index in [1.807, 2.05) is 11.3 Å². The lowest BCUT2D eigenvalue weighted by Crippen LogP contribution is -2.39. The van der Waals surface area contributed by atoms with Gasteiger partial charge in [0.2, 0.25) is 0 Å². The molecule has 0 amide bonds. The number of rotatable bonds is 4. The van der Waals surface area contributed by atoms with Gasteiger partial charge >= 0.3 is 0 Å². The van der Waals surface area contributed by atoms with Gasteiger partial charge in [-0.05, 0) is 46.5 Å². The third kappa shape index (κ3) is 2.94. The quantitative estimate of drug-likeness (QED) is 0.906. The number of nitrogens with zero attached hydrogens (tertiary/aromatic N) is 2. The zero-order valence-electron chi connectivity index (χ0n) is 11.9. The summed E-state index contributed by atoms with van der Waals surface area (Å²) < 4.78 is 0. The van der Waals surface area contributed by atoms with Crippen molar-refractivity contribution >= 4 is 11.3 Å². The van der Waals surface area contributed by atoms with Crippen molar-refractivity contribution in [2.75, 3.05) is 27.2 Å². The van der Waals surface area contributed by atoms with Crippen LogP contribution in [0.1, 0.15) is 29.1 Å². The van der Waals surface area contributed by atoms with E-state index < -0.39 is 0 Å². The Hall–Kier alpha value is -0.420. The highest BCUT2D eigenvalue weighted by Crippen LogP contribution is 2.32. The van der Waals surface area contributed by atoms with E-state index in [0.29, 0.717) is 12.1 Å². The zero-order valence-corrected chi connectivity index (χ0v) is 12.7. The molecule has 1 fully saturated rings. The summed E-state index contributed by atoms with van der Waals surface area (Å²) >= 11 is 1.89. The van der Waals surface area contributed by atoms with E-state index >= 15 is 0 Å². The van der Waals surface area contributed by atoms with E-state index in [0.717, 1.165) is 13.1 Å². The van der Waals surface area contributed by atoms with Gasteiger partial charge < -0.3 is 10.6 Å². The molecule has 0 aliphatic carbocycles. The van der Waals surface area contributed by atoms with Crippen LogP contribution in [0.2, 0.25) is 0 Å². The van der Waals surface area contributed by atoms with Crippen LogP contribution in [0.5, 0.6) is 0 Å². The number of likely N-dealkylation sites (tertiary alicyclic amines) is 1. The fourth-order valence-electron chi connectivity index (χ4n) is 2.83. The third-order valence-corrected chi connectivity index (χ3v) is 4.94. The average Bonchev–Trinajstić information content (AvgIpc) is 2.88. The molecule has 2 rings (SSSR count). The maximum absolute atomic E-state index is 6.23. The molecule has 0 radical (unpaired) electrons. The summed E-state index contributed by atoms with van der Waals surface area (Å²) in [6.45, 7) is 6.59. The molecule has 0 bridgehead atoms. The Morgan fingerprint density at radius 2 is 2.17 bits per heavy atom. The maximum atomic E-state index is 6.23. The summed E-state index contributed by atoms with van der Waals surface area (Å²) in [7, 11) is 4.34. The first-order valence-corrected chi connectivity index (χ1v) is 7.53. The Morgan fingerprint density at radius 1 is 1.44 bits per heavy atom. The summed E-state index contributed by atoms with van der Waals surface area (Å²) in [5, 5.41) is 0. The van der Waals surface area contributed by atoms with Gasteiger partial charge in [-0.2, -0.15) is 0 Å². The number of likely N-dealkylation sites (N-methyl/N-ethyl adjacent to an activating group) is 1. The number of thiophene rings is 1. The monoisotopic (exact) mass is 267 g/mol. The summed E-state index contributed by atoms with van der Waals surface area (Å²) in [4.78, 5) is 7.68. The van der Waals surface area contributed by atoms with Crippen LogP contribution in [0, 0.1) is 6.92 Å². The lowest BCUT2D eigenvalue weighted by atomic mass is 10.1. The highest BCUT2D eigenvalue weighted by atomic mass is 32.1. The second-order valence-corrected chi connectivity index (χ2v) is 6.97. The Morgan fingerprint density at radius 3 is 2.61 bits per heavy atom. The molecule has 1 aliphatic heterocycles. The Balaban J connectivity index is 2.12. The first-order valence-electron chi connectivity index (χ1n) is 6.71. The molecule has 1 aliphatic rings. The minimum atomic E-state index is 0.184. The average molecular weight is 267 g/mol. The number of aryl methyl sites for hydroxylation is 1. The standard InChI is InChI=1S/C14H25N3S/c1-10-5-6-13(18-10)14(11(2)15)17-8-7-12(9-17)16(3)4/h5-6,11-12,14H,7-9,15H2,1-4H3. The van der Waals surface area contributed by atoms with Crippen LogP contribution in [-0.2, 0) is 0 Å². The molecule has 0 saturated carbocycles. The Labute approximate surface area is 115 Å². The van der Waals surface area contributed by atoms with E-state index in [2.05, 4.69) is 49.9 Å². The first-order chi connectivity index (χ1) is 8.49. The van der Waals surface area contributed by atoms with Gasteiger partial charge in [0.05, 0.1) is 6.04 Å². The van der Waals surface area contributed by atoms with Gasteiger partial charge in [-0.3, -0.25) is 4.90 Å². The fraction of sp³-hybridized carbons (Fsp3) is 0.714. The van der Waals surface area contributed by atoms with Crippen molar-refractivity contribution in [1.82, 2.24) is 9.80 Å². The molecule has 102 valence electrons. The van der Waals surface area contributed by atoms with Gasteiger partial charge in [0.1, 0.15) is 0 Å². The van der Waals surface area contributed by atoms with Gasteiger partial charge in [0.15, 0.2) is 0 Å². The van der Waals surface area contributed by atoms with E-state index in [9.17, 15) is 0 Å². The largest absolute Gasteiger partial charge is 0.326 e. The smallest absolute Gasteiger partial charge is 0.0591 e. The minimum absolute atomic E-state index is 0.184. The third-order valence-electron chi connectivity index (χ3n) is 3.87. The summed E-state index contributed by atoms with van der Waals surface area (Å²) in [6.07, 6.45) is 1.25. The van der Waals surface area contributed by atoms with Crippen molar-refractivity contribution in [3.05, 3.63) is 21.9 Å². The molecule has 1 aromatic rings. The topological polar surface area (TPSA) is 32.5 Å². The predicted octanol–water partition coefficient (Wildman–Crippen LogP) is 2.08. The van der Waals surface area contributed by atoms with Crippen LogP contribution in [0.25, 0.3) is 0 Å². The molecule has 2 N–H and O–H groups in total. The summed E-state index contributed by atoms with van der Waals surface area (Å²) in [5.41, 5.74) is 6.23. The SMILES string of the molecule is Cc1ccc(C(C(C)N)N2CCC(N(C)C)C2)s1. The number of nitrogens with two attached hydrogens (primary N) is 1. The molecule has 18 heavy (non-hydrogen) atoms. The molecular weight excluding hydrogens is 242 g/mol. The van der Waals surface area contributed by atoms with E-state index in [1.54, 1.807) is 0 Å². The van der Waals surface area contributed by atoms with Crippen LogP contribution in [0.4, 0.5) is 0 Å². The van der Waals surface area contributed by atoms with Crippen molar-refractivity contribution in [3.8, 4) is 0 Å². The molecule has 0 spiro atoms. The van der Waals surface area contributed by atoms with E-state index in [1.165, 1.54) is 16.2 Å². The normalized spacial score (nSPS) is 24.7. The van der Waals surface area contributed by atoms with Gasteiger partial charge in [-0.1, -0.05) is 0 Å². The van der Waals surface area contributed by atoms with Crippen molar-refractivity contribution in [3.63, 3.8) is 0 Å². The molecule has 2 heterocycles. The highest BCUT2D eigenvalue weighted by Gasteiger charge is 2.32. The fourth-order valence-corrected chi connectivity index (χ4v) is 3.95. The van der Waals surface area contributed by atoms with Gasteiger partial charge in [0.25, 0.3) is 0 Å². The van der Waals surface area contributed by atoms with Gasteiger partial charge in [-0.15, -0.1) is 11.3 Å². The van der Waals surface area contributed by atoms with Crippen LogP contribution >= 0.6 is 11.3 Å². The second kappa shape index (κ2) is 5.70. The second-order valence-electron chi connectivity index (χ2n) is 5.65. The highest BCUT2D eigenvalue weighted by molar-refractivity contribution is 7.12. The molecule has 3 atom stereocenters. The van der Waals surface area contributed by atoms with Crippen molar-refractivity contribution < 1.29 is 0 Å². The molecule has 0 aromatic carbocycles. The van der Waals surface area contributed by atoms with Crippen molar-refractivity contribution in [2.24, 2.45) is 5.73 Å². The Bertz CT molecular complexity index is 386. The Kier molecular flexibility index (Phi) is 4.43. The van der Waals surface area contributed by atoms with E-state index in [4.69, 9.17) is 5.73 Å². The number of hydrogen-bond acceptors (Lipinski definition) is 4. The van der Waals surface area contributed by atoms with Gasteiger partial charge in [-0.25, -0.2) is 0 Å². The molecule has 3 nitrogen and oxygen atoms in total. The molecule has 4 heteroatoms. The summed E-state index contributed by atoms with van der Waals surface area (Å²) in [6, 6.07) is 5.69. The minimum Gasteiger partial charge on any atom is -0.326 e. The molecular formula is C14H25N3S. The number of hydrogen-bond donors (Lipinski definition) is 1. The van der Waals surface area contributed by atoms with Crippen LogP contribution in [0.3, 0.4) is 0 Å². The maximum Gasteiger partial charge on any atom is 0.0591 e. The lowest BCUT2D eigenvalue weighted by Gasteiger charge is -2.30. The van der Waals surface area contributed by atoms with E-state index in [-0.39, 0.29) is 6.04 Å². The van der Waals surface area contributed by atoms with Crippen molar-refractivity contribution in [2.45, 2.75) is 38.4 Å². The van der Waals surface area contributed by atoms with Crippen LogP contribution in [0.15, 0.2) is 12.1 Å². The lowest BCUT2D eigenvalue weighted by molar-refractivity contribution is 0.200. The van der Waals surface area contributed by atoms with Crippen molar-refractivity contribution in [1.29, 1.82) is 0 Å². The molecule has 1 saturated heterocycles. The van der Waals surface area contributed by atoms with Crippen LogP contribution in [-0.4, -0.2) is 49.1 Å². The zero-order chi connectivity index (χ0) is 13.3. The van der Waals surface area contributed by atoms with Crippen LogP contribution < -0.4 is 5.73 Å². The first kappa shape index (κ1) is 14.0. The predicted molar refractivity (Wildman–Crippen MR) is 79.1 cm³/mol. The summed E-state index contributed by atoms with van der Waals surface area (Å²) in [5.74, 6) is 0. The van der Waals surface area contributed by atoms with Gasteiger partial charge in [0, 0.05) is 34.9 Å². The molecule has 1 aromatic heterocycles. The molecule has 3 unspecified atom stereocenters.